The molecule has 0 aliphatic heterocycles. The molecule has 0 radical (unpaired) electrons. The van der Waals surface area contributed by atoms with E-state index in [1.54, 1.807) is 16.9 Å². The first-order chi connectivity index (χ1) is 15.8. The molecule has 170 valence electrons. The van der Waals surface area contributed by atoms with E-state index in [1.165, 1.54) is 24.1 Å². The zero-order valence-corrected chi connectivity index (χ0v) is 18.8. The second kappa shape index (κ2) is 8.91. The molecule has 0 aliphatic rings. The molecule has 3 heterocycles. The van der Waals surface area contributed by atoms with Crippen LogP contribution in [0.2, 0.25) is 5.02 Å². The van der Waals surface area contributed by atoms with Gasteiger partial charge in [-0.15, -0.1) is 0 Å². The predicted molar refractivity (Wildman–Crippen MR) is 121 cm³/mol. The van der Waals surface area contributed by atoms with Crippen LogP contribution in [0.25, 0.3) is 0 Å². The quantitative estimate of drug-likeness (QED) is 0.444. The molecule has 0 aliphatic carbocycles. The Balaban J connectivity index is 1.83. The van der Waals surface area contributed by atoms with Gasteiger partial charge in [0.25, 0.3) is 11.5 Å². The molecule has 0 bridgehead atoms. The minimum Gasteiger partial charge on any atom is -0.501 e. The number of nitrogens with one attached hydrogen (secondary N) is 1. The van der Waals surface area contributed by atoms with E-state index in [-0.39, 0.29) is 11.5 Å². The van der Waals surface area contributed by atoms with Gasteiger partial charge in [-0.25, -0.2) is 4.98 Å². The number of hydrogen-bond donors (Lipinski definition) is 2. The van der Waals surface area contributed by atoms with Gasteiger partial charge in [0, 0.05) is 24.2 Å². The summed E-state index contributed by atoms with van der Waals surface area (Å²) in [6.45, 7) is 3.77. The number of aromatic nitrogens is 5. The van der Waals surface area contributed by atoms with Gasteiger partial charge in [0.15, 0.2) is 5.69 Å². The number of rotatable bonds is 6. The highest BCUT2D eigenvalue weighted by Crippen LogP contribution is 2.36. The van der Waals surface area contributed by atoms with Crippen LogP contribution in [0.15, 0.2) is 58.4 Å². The van der Waals surface area contributed by atoms with Crippen molar-refractivity contribution < 1.29 is 14.4 Å². The van der Waals surface area contributed by atoms with Crippen LogP contribution in [0.3, 0.4) is 0 Å². The summed E-state index contributed by atoms with van der Waals surface area (Å²) in [5.41, 5.74) is 0.818. The number of hydrogen-bond acceptors (Lipinski definition) is 7. The largest absolute Gasteiger partial charge is 0.501 e. The number of nitrogens with zero attached hydrogens (tertiary/aromatic N) is 5. The van der Waals surface area contributed by atoms with E-state index in [2.05, 4.69) is 20.6 Å². The van der Waals surface area contributed by atoms with Crippen LogP contribution < -0.4 is 10.9 Å². The van der Waals surface area contributed by atoms with E-state index in [9.17, 15) is 14.7 Å². The number of aromatic hydroxyl groups is 1. The van der Waals surface area contributed by atoms with Crippen LogP contribution in [-0.2, 0) is 7.05 Å². The summed E-state index contributed by atoms with van der Waals surface area (Å²) < 4.78 is 7.66. The summed E-state index contributed by atoms with van der Waals surface area (Å²) in [4.78, 5) is 29.9. The topological polar surface area (TPSA) is 128 Å². The van der Waals surface area contributed by atoms with Gasteiger partial charge in [-0.1, -0.05) is 41.9 Å². The van der Waals surface area contributed by atoms with Gasteiger partial charge in [-0.2, -0.15) is 5.10 Å². The van der Waals surface area contributed by atoms with E-state index < -0.39 is 34.9 Å². The van der Waals surface area contributed by atoms with Crippen LogP contribution in [0.1, 0.15) is 46.3 Å². The molecule has 2 N–H and O–H groups in total. The Morgan fingerprint density at radius 2 is 2.03 bits per heavy atom. The number of amides is 1. The van der Waals surface area contributed by atoms with Crippen molar-refractivity contribution in [2.75, 3.05) is 5.32 Å². The first kappa shape index (κ1) is 22.3. The molecule has 3 aromatic heterocycles. The SMILES string of the molecule is Cc1cnn([C@H](c2ccccc2Cl)[C@H](C)c2nc(C(=O)Nc3cnoc3)c(O)c(=O)n2C)c1. The van der Waals surface area contributed by atoms with Crippen molar-refractivity contribution in [1.82, 2.24) is 24.5 Å². The molecule has 1 amide bonds. The molecule has 0 fully saturated rings. The lowest BCUT2D eigenvalue weighted by Gasteiger charge is -2.27. The fraction of sp³-hybridized carbons (Fsp3) is 0.227. The monoisotopic (exact) mass is 468 g/mol. The third-order valence-corrected chi connectivity index (χ3v) is 5.67. The normalized spacial score (nSPS) is 13.0. The minimum absolute atomic E-state index is 0.262. The van der Waals surface area contributed by atoms with Crippen LogP contribution in [0.5, 0.6) is 5.75 Å². The van der Waals surface area contributed by atoms with Crippen LogP contribution in [0.4, 0.5) is 5.69 Å². The van der Waals surface area contributed by atoms with Crippen LogP contribution in [-0.4, -0.2) is 35.5 Å². The molecule has 0 spiro atoms. The number of carbonyl (C=O) groups is 1. The highest BCUT2D eigenvalue weighted by atomic mass is 35.5. The van der Waals surface area contributed by atoms with E-state index in [4.69, 9.17) is 16.1 Å². The summed E-state index contributed by atoms with van der Waals surface area (Å²) in [5, 5.41) is 21.3. The molecule has 4 rings (SSSR count). The minimum atomic E-state index is -0.772. The predicted octanol–water partition coefficient (Wildman–Crippen LogP) is 3.28. The standard InChI is InChI=1S/C22H21ClN6O4/c1-12-8-24-29(10-12)18(15-6-4-5-7-16(15)23)13(2)20-27-17(19(30)22(32)28(20)3)21(31)26-14-9-25-33-11-14/h4-11,13,18,30H,1-3H3,(H,26,31)/t13-,18-/m0/s1. The molecule has 33 heavy (non-hydrogen) atoms. The lowest BCUT2D eigenvalue weighted by atomic mass is 9.93. The number of aryl methyl sites for hydroxylation is 1. The fourth-order valence-electron chi connectivity index (χ4n) is 3.71. The third kappa shape index (κ3) is 4.24. The van der Waals surface area contributed by atoms with Gasteiger partial charge in [0.1, 0.15) is 17.8 Å². The van der Waals surface area contributed by atoms with Crippen molar-refractivity contribution in [2.24, 2.45) is 7.05 Å². The van der Waals surface area contributed by atoms with E-state index in [1.807, 2.05) is 38.2 Å². The van der Waals surface area contributed by atoms with Crippen molar-refractivity contribution >= 4 is 23.2 Å². The first-order valence-corrected chi connectivity index (χ1v) is 10.4. The van der Waals surface area contributed by atoms with E-state index in [0.29, 0.717) is 5.02 Å². The Morgan fingerprint density at radius 1 is 1.27 bits per heavy atom. The van der Waals surface area contributed by atoms with E-state index in [0.717, 1.165) is 11.1 Å². The van der Waals surface area contributed by atoms with Gasteiger partial charge >= 0.3 is 0 Å². The van der Waals surface area contributed by atoms with Crippen LogP contribution >= 0.6 is 11.6 Å². The maximum absolute atomic E-state index is 12.8. The van der Waals surface area contributed by atoms with Crippen molar-refractivity contribution in [1.29, 1.82) is 0 Å². The number of halogens is 1. The molecule has 0 saturated heterocycles. The van der Waals surface area contributed by atoms with Gasteiger partial charge in [0.2, 0.25) is 5.75 Å². The van der Waals surface area contributed by atoms with Gasteiger partial charge in [-0.3, -0.25) is 18.8 Å². The Hall–Kier alpha value is -3.92. The van der Waals surface area contributed by atoms with Crippen molar-refractivity contribution in [3.8, 4) is 5.75 Å². The molecule has 2 atom stereocenters. The maximum Gasteiger partial charge on any atom is 0.296 e. The molecule has 11 heteroatoms. The molecule has 10 nitrogen and oxygen atoms in total. The number of benzene rings is 1. The molecule has 0 saturated carbocycles. The fourth-order valence-corrected chi connectivity index (χ4v) is 3.96. The lowest BCUT2D eigenvalue weighted by Crippen LogP contribution is -2.30. The van der Waals surface area contributed by atoms with Crippen LogP contribution in [0, 0.1) is 6.92 Å². The highest BCUT2D eigenvalue weighted by molar-refractivity contribution is 6.31. The van der Waals surface area contributed by atoms with Gasteiger partial charge in [-0.05, 0) is 24.1 Å². The number of carbonyl (C=O) groups excluding carboxylic acids is 1. The maximum atomic E-state index is 12.8. The molecule has 4 aromatic rings. The van der Waals surface area contributed by atoms with Gasteiger partial charge < -0.3 is 14.9 Å². The Morgan fingerprint density at radius 3 is 2.67 bits per heavy atom. The van der Waals surface area contributed by atoms with Crippen molar-refractivity contribution in [3.05, 3.63) is 87.1 Å². The molecular formula is C22H21ClN6O4. The highest BCUT2D eigenvalue weighted by Gasteiger charge is 2.31. The zero-order chi connectivity index (χ0) is 23.7. The van der Waals surface area contributed by atoms with E-state index >= 15 is 0 Å². The summed E-state index contributed by atoms with van der Waals surface area (Å²) in [7, 11) is 1.49. The Labute approximate surface area is 193 Å². The Bertz CT molecular complexity index is 1360. The lowest BCUT2D eigenvalue weighted by molar-refractivity contribution is 0.101. The summed E-state index contributed by atoms with van der Waals surface area (Å²) in [6, 6.07) is 6.89. The summed E-state index contributed by atoms with van der Waals surface area (Å²) in [5.74, 6) is -1.73. The third-order valence-electron chi connectivity index (χ3n) is 5.33. The van der Waals surface area contributed by atoms with Crippen molar-refractivity contribution in [2.45, 2.75) is 25.8 Å². The smallest absolute Gasteiger partial charge is 0.296 e. The second-order valence-electron chi connectivity index (χ2n) is 7.65. The Kier molecular flexibility index (Phi) is 6.01. The average Bonchev–Trinajstić information content (AvgIpc) is 3.45. The molecular weight excluding hydrogens is 448 g/mol. The van der Waals surface area contributed by atoms with Crippen molar-refractivity contribution in [3.63, 3.8) is 0 Å². The summed E-state index contributed by atoms with van der Waals surface area (Å²) in [6.07, 6.45) is 6.08. The zero-order valence-electron chi connectivity index (χ0n) is 18.1. The summed E-state index contributed by atoms with van der Waals surface area (Å²) >= 11 is 6.52. The second-order valence-corrected chi connectivity index (χ2v) is 8.06. The molecule has 1 aromatic carbocycles. The average molecular weight is 469 g/mol. The van der Waals surface area contributed by atoms with Gasteiger partial charge in [0.05, 0.1) is 18.4 Å². The number of anilines is 1. The molecule has 0 unspecified atom stereocenters. The first-order valence-electron chi connectivity index (χ1n) is 10.0.